The molecule has 3 aromatic rings. The van der Waals surface area contributed by atoms with Crippen molar-refractivity contribution in [2.24, 2.45) is 5.14 Å². The molecule has 3 rings (SSSR count). The van der Waals surface area contributed by atoms with E-state index < -0.39 is 15.8 Å². The SMILES string of the molecule is Cc1cc(/C=C(/C#N)c2cccc(F)c2)c(C)n1-c1ccc(S(N)(=O)=O)cc1. The van der Waals surface area contributed by atoms with Crippen LogP contribution in [0.2, 0.25) is 0 Å². The first kappa shape index (κ1) is 19.5. The average molecular weight is 395 g/mol. The van der Waals surface area contributed by atoms with Crippen molar-refractivity contribution in [3.8, 4) is 11.8 Å². The Balaban J connectivity index is 2.06. The van der Waals surface area contributed by atoms with Crippen LogP contribution in [0.1, 0.15) is 22.5 Å². The zero-order chi connectivity index (χ0) is 20.5. The number of halogens is 1. The maximum absolute atomic E-state index is 13.5. The van der Waals surface area contributed by atoms with Gasteiger partial charge in [-0.3, -0.25) is 0 Å². The smallest absolute Gasteiger partial charge is 0.238 e. The highest BCUT2D eigenvalue weighted by molar-refractivity contribution is 7.89. The fourth-order valence-electron chi connectivity index (χ4n) is 3.11. The summed E-state index contributed by atoms with van der Waals surface area (Å²) in [7, 11) is -3.76. The normalized spacial score (nSPS) is 12.0. The van der Waals surface area contributed by atoms with E-state index in [9.17, 15) is 18.1 Å². The summed E-state index contributed by atoms with van der Waals surface area (Å²) in [6.45, 7) is 3.80. The lowest BCUT2D eigenvalue weighted by Gasteiger charge is -2.10. The lowest BCUT2D eigenvalue weighted by atomic mass is 10.0. The van der Waals surface area contributed by atoms with Crippen LogP contribution in [0.25, 0.3) is 17.3 Å². The number of aromatic nitrogens is 1. The number of allylic oxidation sites excluding steroid dienone is 1. The third-order valence-corrected chi connectivity index (χ3v) is 5.38. The average Bonchev–Trinajstić information content (AvgIpc) is 2.92. The molecule has 142 valence electrons. The molecule has 0 saturated heterocycles. The Morgan fingerprint density at radius 1 is 1.14 bits per heavy atom. The van der Waals surface area contributed by atoms with Crippen LogP contribution >= 0.6 is 0 Å². The van der Waals surface area contributed by atoms with Crippen molar-refractivity contribution < 1.29 is 12.8 Å². The summed E-state index contributed by atoms with van der Waals surface area (Å²) in [5.41, 5.74) is 4.21. The van der Waals surface area contributed by atoms with E-state index in [0.717, 1.165) is 22.6 Å². The van der Waals surface area contributed by atoms with E-state index in [-0.39, 0.29) is 4.90 Å². The van der Waals surface area contributed by atoms with Crippen molar-refractivity contribution in [3.63, 3.8) is 0 Å². The molecule has 28 heavy (non-hydrogen) atoms. The van der Waals surface area contributed by atoms with Crippen molar-refractivity contribution in [1.29, 1.82) is 5.26 Å². The number of sulfonamides is 1. The molecule has 5 nitrogen and oxygen atoms in total. The number of benzene rings is 2. The van der Waals surface area contributed by atoms with Gasteiger partial charge in [-0.05, 0) is 73.5 Å². The van der Waals surface area contributed by atoms with Gasteiger partial charge in [-0.2, -0.15) is 5.26 Å². The van der Waals surface area contributed by atoms with Crippen molar-refractivity contribution in [1.82, 2.24) is 4.57 Å². The molecule has 0 atom stereocenters. The van der Waals surface area contributed by atoms with E-state index in [0.29, 0.717) is 11.1 Å². The van der Waals surface area contributed by atoms with Crippen LogP contribution < -0.4 is 5.14 Å². The summed E-state index contributed by atoms with van der Waals surface area (Å²) >= 11 is 0. The minimum Gasteiger partial charge on any atom is -0.318 e. The van der Waals surface area contributed by atoms with Crippen LogP contribution in [0.15, 0.2) is 59.5 Å². The lowest BCUT2D eigenvalue weighted by Crippen LogP contribution is -2.12. The number of primary sulfonamides is 1. The molecule has 1 aromatic heterocycles. The molecule has 0 aliphatic heterocycles. The predicted octanol–water partition coefficient (Wildman–Crippen LogP) is 3.94. The summed E-state index contributed by atoms with van der Waals surface area (Å²) in [4.78, 5) is 0.0386. The van der Waals surface area contributed by atoms with Crippen LogP contribution in [0.3, 0.4) is 0 Å². The van der Waals surface area contributed by atoms with Crippen molar-refractivity contribution in [2.75, 3.05) is 0 Å². The van der Waals surface area contributed by atoms with Crippen molar-refractivity contribution in [3.05, 3.63) is 82.9 Å². The number of rotatable bonds is 4. The molecule has 0 radical (unpaired) electrons. The molecule has 1 heterocycles. The molecule has 2 aromatic carbocycles. The molecule has 0 fully saturated rings. The molecular formula is C21H18FN3O2S. The molecule has 0 bridgehead atoms. The summed E-state index contributed by atoms with van der Waals surface area (Å²) in [6, 6.07) is 16.2. The van der Waals surface area contributed by atoms with E-state index in [1.165, 1.54) is 24.3 Å². The van der Waals surface area contributed by atoms with Crippen LogP contribution in [0.4, 0.5) is 4.39 Å². The summed E-state index contributed by atoms with van der Waals surface area (Å²) in [5, 5.41) is 14.7. The van der Waals surface area contributed by atoms with Gasteiger partial charge in [0.05, 0.1) is 16.5 Å². The first-order valence-electron chi connectivity index (χ1n) is 8.40. The van der Waals surface area contributed by atoms with Crippen LogP contribution in [0, 0.1) is 31.0 Å². The topological polar surface area (TPSA) is 88.9 Å². The molecule has 0 saturated carbocycles. The second kappa shape index (κ2) is 7.43. The second-order valence-corrected chi connectivity index (χ2v) is 7.94. The highest BCUT2D eigenvalue weighted by Gasteiger charge is 2.13. The van der Waals surface area contributed by atoms with Crippen LogP contribution in [-0.2, 0) is 10.0 Å². The highest BCUT2D eigenvalue weighted by atomic mass is 32.2. The summed E-state index contributed by atoms with van der Waals surface area (Å²) < 4.78 is 38.3. The van der Waals surface area contributed by atoms with E-state index in [4.69, 9.17) is 5.14 Å². The Hall–Kier alpha value is -3.21. The molecule has 7 heteroatoms. The monoisotopic (exact) mass is 395 g/mol. The third-order valence-electron chi connectivity index (χ3n) is 4.45. The minimum atomic E-state index is -3.76. The van der Waals surface area contributed by atoms with Gasteiger partial charge in [0.1, 0.15) is 5.82 Å². The standard InChI is InChI=1S/C21H18FN3O2S/c1-14-10-17(11-18(13-23)16-4-3-5-19(22)12-16)15(2)25(14)20-6-8-21(9-7-20)28(24,26)27/h3-12H,1-2H3,(H2,24,26,27)/b18-11-. The number of nitriles is 1. The first-order valence-corrected chi connectivity index (χ1v) is 9.95. The second-order valence-electron chi connectivity index (χ2n) is 6.38. The van der Waals surface area contributed by atoms with E-state index >= 15 is 0 Å². The highest BCUT2D eigenvalue weighted by Crippen LogP contribution is 2.26. The van der Waals surface area contributed by atoms with Crippen LogP contribution in [0.5, 0.6) is 0 Å². The minimum absolute atomic E-state index is 0.0386. The van der Waals surface area contributed by atoms with Gasteiger partial charge in [-0.1, -0.05) is 12.1 Å². The quantitative estimate of drug-likeness (QED) is 0.679. The zero-order valence-corrected chi connectivity index (χ0v) is 16.2. The van der Waals surface area contributed by atoms with E-state index in [1.807, 2.05) is 24.5 Å². The Morgan fingerprint density at radius 3 is 2.39 bits per heavy atom. The molecule has 0 unspecified atom stereocenters. The Bertz CT molecular complexity index is 1220. The Kier molecular flexibility index (Phi) is 5.18. The van der Waals surface area contributed by atoms with Gasteiger partial charge < -0.3 is 4.57 Å². The zero-order valence-electron chi connectivity index (χ0n) is 15.3. The van der Waals surface area contributed by atoms with Gasteiger partial charge in [0.15, 0.2) is 0 Å². The molecule has 0 aliphatic rings. The fraction of sp³-hybridized carbons (Fsp3) is 0.0952. The van der Waals surface area contributed by atoms with Gasteiger partial charge in [0, 0.05) is 17.1 Å². The number of nitrogens with two attached hydrogens (primary N) is 1. The van der Waals surface area contributed by atoms with Gasteiger partial charge in [0.2, 0.25) is 10.0 Å². The number of hydrogen-bond donors (Lipinski definition) is 1. The molecule has 2 N–H and O–H groups in total. The molecule has 0 aliphatic carbocycles. The predicted molar refractivity (Wildman–Crippen MR) is 107 cm³/mol. The van der Waals surface area contributed by atoms with Gasteiger partial charge >= 0.3 is 0 Å². The molecular weight excluding hydrogens is 377 g/mol. The summed E-state index contributed by atoms with van der Waals surface area (Å²) in [5.74, 6) is -0.404. The maximum atomic E-state index is 13.5. The van der Waals surface area contributed by atoms with Crippen molar-refractivity contribution >= 4 is 21.7 Å². The van der Waals surface area contributed by atoms with Crippen molar-refractivity contribution in [2.45, 2.75) is 18.7 Å². The Morgan fingerprint density at radius 2 is 1.82 bits per heavy atom. The largest absolute Gasteiger partial charge is 0.318 e. The van der Waals surface area contributed by atoms with Gasteiger partial charge in [-0.15, -0.1) is 0 Å². The Labute approximate surface area is 163 Å². The molecule has 0 spiro atoms. The number of hydrogen-bond acceptors (Lipinski definition) is 3. The fourth-order valence-corrected chi connectivity index (χ4v) is 3.62. The van der Waals surface area contributed by atoms with Gasteiger partial charge in [0.25, 0.3) is 0 Å². The number of aryl methyl sites for hydroxylation is 1. The maximum Gasteiger partial charge on any atom is 0.238 e. The summed E-state index contributed by atoms with van der Waals surface area (Å²) in [6.07, 6.45) is 1.71. The van der Waals surface area contributed by atoms with E-state index in [1.54, 1.807) is 30.3 Å². The molecule has 0 amide bonds. The van der Waals surface area contributed by atoms with Crippen LogP contribution in [-0.4, -0.2) is 13.0 Å². The van der Waals surface area contributed by atoms with Gasteiger partial charge in [-0.25, -0.2) is 17.9 Å². The first-order chi connectivity index (χ1) is 13.2. The van der Waals surface area contributed by atoms with E-state index in [2.05, 4.69) is 6.07 Å². The third kappa shape index (κ3) is 3.88. The number of nitrogens with zero attached hydrogens (tertiary/aromatic N) is 2. The lowest BCUT2D eigenvalue weighted by molar-refractivity contribution is 0.598.